The number of nitrogens with one attached hydrogen (secondary N) is 3. The fourth-order valence-corrected chi connectivity index (χ4v) is 3.29. The second-order valence-electron chi connectivity index (χ2n) is 8.31. The minimum absolute atomic E-state index is 0.133. The van der Waals surface area contributed by atoms with Crippen molar-refractivity contribution < 1.29 is 34.2 Å². The van der Waals surface area contributed by atoms with Crippen molar-refractivity contribution in [2.24, 2.45) is 17.6 Å². The van der Waals surface area contributed by atoms with E-state index in [9.17, 15) is 29.1 Å². The number of carboxylic acid groups (broad SMARTS) is 2. The number of carbonyl (C=O) groups is 5. The van der Waals surface area contributed by atoms with Crippen LogP contribution in [0.2, 0.25) is 0 Å². The largest absolute Gasteiger partial charge is 0.481 e. The number of rotatable bonds is 15. The lowest BCUT2D eigenvalue weighted by atomic mass is 10.00. The van der Waals surface area contributed by atoms with E-state index in [1.54, 1.807) is 20.1 Å². The van der Waals surface area contributed by atoms with Crippen LogP contribution in [0.4, 0.5) is 0 Å². The van der Waals surface area contributed by atoms with Crippen molar-refractivity contribution in [1.82, 2.24) is 16.0 Å². The number of thioether (sulfide) groups is 1. The molecule has 4 atom stereocenters. The van der Waals surface area contributed by atoms with Crippen LogP contribution >= 0.6 is 11.8 Å². The zero-order valence-corrected chi connectivity index (χ0v) is 20.0. The van der Waals surface area contributed by atoms with Gasteiger partial charge in [0.15, 0.2) is 0 Å². The molecule has 7 N–H and O–H groups in total. The Labute approximate surface area is 192 Å². The molecule has 12 heteroatoms. The van der Waals surface area contributed by atoms with Crippen molar-refractivity contribution in [3.8, 4) is 0 Å². The predicted octanol–water partition coefficient (Wildman–Crippen LogP) is -0.217. The second-order valence-corrected chi connectivity index (χ2v) is 9.29. The highest BCUT2D eigenvalue weighted by Crippen LogP contribution is 2.08. The maximum Gasteiger partial charge on any atom is 0.326 e. The molecular weight excluding hydrogens is 440 g/mol. The number of carbonyl (C=O) groups excluding carboxylic acids is 3. The molecule has 184 valence electrons. The molecule has 32 heavy (non-hydrogen) atoms. The third-order valence-corrected chi connectivity index (χ3v) is 5.19. The smallest absolute Gasteiger partial charge is 0.326 e. The highest BCUT2D eigenvalue weighted by Gasteiger charge is 2.32. The Balaban J connectivity index is 5.40. The van der Waals surface area contributed by atoms with Crippen molar-refractivity contribution in [3.63, 3.8) is 0 Å². The predicted molar refractivity (Wildman–Crippen MR) is 121 cm³/mol. The first-order chi connectivity index (χ1) is 14.8. The monoisotopic (exact) mass is 476 g/mol. The number of nitrogens with two attached hydrogens (primary N) is 1. The Morgan fingerprint density at radius 1 is 0.875 bits per heavy atom. The van der Waals surface area contributed by atoms with Crippen LogP contribution < -0.4 is 21.7 Å². The van der Waals surface area contributed by atoms with Gasteiger partial charge in [-0.1, -0.05) is 27.7 Å². The van der Waals surface area contributed by atoms with E-state index in [0.717, 1.165) is 0 Å². The Morgan fingerprint density at radius 2 is 1.44 bits per heavy atom. The van der Waals surface area contributed by atoms with Gasteiger partial charge >= 0.3 is 11.9 Å². The summed E-state index contributed by atoms with van der Waals surface area (Å²) in [7, 11) is 0. The molecular formula is C20H36N4O7S. The van der Waals surface area contributed by atoms with Gasteiger partial charge in [-0.25, -0.2) is 4.79 Å². The van der Waals surface area contributed by atoms with Crippen LogP contribution in [0.5, 0.6) is 0 Å². The van der Waals surface area contributed by atoms with Crippen LogP contribution in [-0.2, 0) is 24.0 Å². The van der Waals surface area contributed by atoms with Gasteiger partial charge in [0.1, 0.15) is 18.1 Å². The molecule has 0 heterocycles. The summed E-state index contributed by atoms with van der Waals surface area (Å²) >= 11 is 1.39. The number of hydrogen-bond acceptors (Lipinski definition) is 7. The van der Waals surface area contributed by atoms with E-state index in [4.69, 9.17) is 10.8 Å². The molecule has 11 nitrogen and oxygen atoms in total. The first kappa shape index (κ1) is 29.7. The molecule has 0 radical (unpaired) electrons. The highest BCUT2D eigenvalue weighted by atomic mass is 32.2. The fourth-order valence-electron chi connectivity index (χ4n) is 2.82. The van der Waals surface area contributed by atoms with Crippen LogP contribution in [0.1, 0.15) is 47.0 Å². The normalized spacial score (nSPS) is 14.9. The molecule has 0 aliphatic heterocycles. The zero-order valence-electron chi connectivity index (χ0n) is 19.2. The molecule has 0 aromatic heterocycles. The minimum Gasteiger partial charge on any atom is -0.481 e. The lowest BCUT2D eigenvalue weighted by Crippen LogP contribution is -2.58. The van der Waals surface area contributed by atoms with Gasteiger partial charge < -0.3 is 31.9 Å². The van der Waals surface area contributed by atoms with E-state index in [1.165, 1.54) is 11.8 Å². The van der Waals surface area contributed by atoms with Gasteiger partial charge in [-0.05, 0) is 36.7 Å². The van der Waals surface area contributed by atoms with Crippen LogP contribution in [0.3, 0.4) is 0 Å². The molecule has 0 aliphatic rings. The Bertz CT molecular complexity index is 672. The summed E-state index contributed by atoms with van der Waals surface area (Å²) in [6, 6.07) is -4.62. The van der Waals surface area contributed by atoms with Gasteiger partial charge in [-0.2, -0.15) is 11.8 Å². The molecule has 3 amide bonds. The average Bonchev–Trinajstić information content (AvgIpc) is 2.66. The summed E-state index contributed by atoms with van der Waals surface area (Å²) in [4.78, 5) is 60.3. The third-order valence-electron chi connectivity index (χ3n) is 4.55. The summed E-state index contributed by atoms with van der Waals surface area (Å²) in [6.07, 6.45) is 1.57. The summed E-state index contributed by atoms with van der Waals surface area (Å²) < 4.78 is 0. The van der Waals surface area contributed by atoms with Gasteiger partial charge in [-0.3, -0.25) is 19.2 Å². The third kappa shape index (κ3) is 11.3. The molecule has 0 aromatic carbocycles. The molecule has 0 fully saturated rings. The maximum atomic E-state index is 12.8. The van der Waals surface area contributed by atoms with E-state index in [0.29, 0.717) is 12.2 Å². The topological polar surface area (TPSA) is 188 Å². The molecule has 0 aliphatic carbocycles. The molecule has 0 saturated carbocycles. The van der Waals surface area contributed by atoms with Crippen molar-refractivity contribution >= 4 is 41.4 Å². The van der Waals surface area contributed by atoms with E-state index in [1.807, 2.05) is 13.8 Å². The van der Waals surface area contributed by atoms with Crippen LogP contribution in [-0.4, -0.2) is 76.0 Å². The fraction of sp³-hybridized carbons (Fsp3) is 0.750. The summed E-state index contributed by atoms with van der Waals surface area (Å²) in [5.41, 5.74) is 5.86. The Morgan fingerprint density at radius 3 is 1.88 bits per heavy atom. The van der Waals surface area contributed by atoms with Crippen molar-refractivity contribution in [2.45, 2.75) is 71.1 Å². The Kier molecular flexibility index (Phi) is 13.6. The van der Waals surface area contributed by atoms with E-state index < -0.39 is 60.2 Å². The average molecular weight is 477 g/mol. The van der Waals surface area contributed by atoms with E-state index in [-0.39, 0.29) is 18.3 Å². The standard InChI is InChI=1S/C20H36N4O7S/c1-10(2)8-12(21)17(27)24-16(11(3)4)19(29)23-14(9-15(25)26)18(28)22-13(20(30)31)6-7-32-5/h10-14,16H,6-9,21H2,1-5H3,(H,22,28)(H,23,29)(H,24,27)(H,25,26)(H,30,31). The number of aliphatic carboxylic acids is 2. The van der Waals surface area contributed by atoms with Crippen molar-refractivity contribution in [3.05, 3.63) is 0 Å². The van der Waals surface area contributed by atoms with Gasteiger partial charge in [0.2, 0.25) is 17.7 Å². The first-order valence-corrected chi connectivity index (χ1v) is 11.8. The molecule has 0 bridgehead atoms. The highest BCUT2D eigenvalue weighted by molar-refractivity contribution is 7.98. The van der Waals surface area contributed by atoms with Crippen LogP contribution in [0, 0.1) is 11.8 Å². The number of hydrogen-bond donors (Lipinski definition) is 6. The van der Waals surface area contributed by atoms with Gasteiger partial charge in [0.25, 0.3) is 0 Å². The quantitative estimate of drug-likeness (QED) is 0.186. The van der Waals surface area contributed by atoms with E-state index >= 15 is 0 Å². The summed E-state index contributed by atoms with van der Waals surface area (Å²) in [5, 5.41) is 25.6. The lowest BCUT2D eigenvalue weighted by molar-refractivity contribution is -0.143. The first-order valence-electron chi connectivity index (χ1n) is 10.4. The molecule has 0 rings (SSSR count). The SMILES string of the molecule is CSCCC(NC(=O)C(CC(=O)O)NC(=O)C(NC(=O)C(N)CC(C)C)C(C)C)C(=O)O. The lowest BCUT2D eigenvalue weighted by Gasteiger charge is -2.26. The van der Waals surface area contributed by atoms with Crippen molar-refractivity contribution in [1.29, 1.82) is 0 Å². The molecule has 0 aromatic rings. The minimum atomic E-state index is -1.52. The molecule has 0 spiro atoms. The molecule has 4 unspecified atom stereocenters. The second kappa shape index (κ2) is 14.7. The Hall–Kier alpha value is -2.34. The van der Waals surface area contributed by atoms with Crippen molar-refractivity contribution in [2.75, 3.05) is 12.0 Å². The van der Waals surface area contributed by atoms with Crippen LogP contribution in [0.15, 0.2) is 0 Å². The summed E-state index contributed by atoms with van der Waals surface area (Å²) in [6.45, 7) is 7.15. The van der Waals surface area contributed by atoms with E-state index in [2.05, 4.69) is 16.0 Å². The number of carboxylic acids is 2. The molecule has 0 saturated heterocycles. The maximum absolute atomic E-state index is 12.8. The summed E-state index contributed by atoms with van der Waals surface area (Å²) in [5.74, 6) is -4.60. The van der Waals surface area contributed by atoms with Gasteiger partial charge in [-0.15, -0.1) is 0 Å². The zero-order chi connectivity index (χ0) is 25.0. The van der Waals surface area contributed by atoms with Gasteiger partial charge in [0, 0.05) is 0 Å². The van der Waals surface area contributed by atoms with Gasteiger partial charge in [0.05, 0.1) is 12.5 Å². The van der Waals surface area contributed by atoms with Crippen LogP contribution in [0.25, 0.3) is 0 Å². The number of amides is 3.